The summed E-state index contributed by atoms with van der Waals surface area (Å²) in [6.45, 7) is -0.0718. The minimum Gasteiger partial charge on any atom is -0.330 e. The Balaban J connectivity index is 2.80. The molecule has 12 heavy (non-hydrogen) atoms. The van der Waals surface area contributed by atoms with Crippen LogP contribution < -0.4 is 5.73 Å². The number of alkyl halides is 2. The minimum atomic E-state index is -2.44. The summed E-state index contributed by atoms with van der Waals surface area (Å²) in [6, 6.07) is 0. The summed E-state index contributed by atoms with van der Waals surface area (Å²) in [5.74, 6) is -0.929. The van der Waals surface area contributed by atoms with Crippen LogP contribution in [0.15, 0.2) is 9.98 Å². The Labute approximate surface area is 80.9 Å². The smallest absolute Gasteiger partial charge is 0.248 e. The molecule has 0 aliphatic heterocycles. The van der Waals surface area contributed by atoms with E-state index in [1.165, 1.54) is 17.5 Å². The Bertz CT molecular complexity index is 253. The van der Waals surface area contributed by atoms with Gasteiger partial charge in [0.2, 0.25) is 6.43 Å². The van der Waals surface area contributed by atoms with Crippen LogP contribution in [0, 0.1) is 0 Å². The number of halogens is 3. The molecule has 1 unspecified atom stereocenters. The molecule has 0 spiro atoms. The second-order valence-electron chi connectivity index (χ2n) is 2.18. The van der Waals surface area contributed by atoms with E-state index in [0.717, 1.165) is 3.79 Å². The van der Waals surface area contributed by atoms with Gasteiger partial charge in [-0.3, -0.25) is 0 Å². The highest BCUT2D eigenvalue weighted by atomic mass is 79.9. The lowest BCUT2D eigenvalue weighted by Gasteiger charge is -2.08. The van der Waals surface area contributed by atoms with E-state index in [9.17, 15) is 8.78 Å². The van der Waals surface area contributed by atoms with Crippen molar-refractivity contribution >= 4 is 27.3 Å². The van der Waals surface area contributed by atoms with Gasteiger partial charge in [-0.2, -0.15) is 0 Å². The first-order valence-electron chi connectivity index (χ1n) is 3.24. The van der Waals surface area contributed by atoms with Crippen molar-refractivity contribution in [1.29, 1.82) is 0 Å². The van der Waals surface area contributed by atoms with Gasteiger partial charge >= 0.3 is 0 Å². The van der Waals surface area contributed by atoms with Crippen molar-refractivity contribution in [2.75, 3.05) is 6.54 Å². The van der Waals surface area contributed by atoms with Crippen molar-refractivity contribution in [1.82, 2.24) is 4.98 Å². The number of hydrogen-bond donors (Lipinski definition) is 1. The predicted octanol–water partition coefficient (Wildman–Crippen LogP) is 2.21. The molecule has 0 aliphatic rings. The maximum absolute atomic E-state index is 12.3. The van der Waals surface area contributed by atoms with Crippen molar-refractivity contribution < 1.29 is 8.78 Å². The first-order valence-corrected chi connectivity index (χ1v) is 4.85. The molecule has 0 fully saturated rings. The highest BCUT2D eigenvalue weighted by Crippen LogP contribution is 2.28. The van der Waals surface area contributed by atoms with Gasteiger partial charge < -0.3 is 5.73 Å². The molecule has 0 saturated carbocycles. The second-order valence-corrected chi connectivity index (χ2v) is 4.62. The third-order valence-corrected chi connectivity index (χ3v) is 2.98. The summed E-state index contributed by atoms with van der Waals surface area (Å²) < 4.78 is 25.3. The lowest BCUT2D eigenvalue weighted by atomic mass is 10.2. The van der Waals surface area contributed by atoms with Gasteiger partial charge in [0.1, 0.15) is 5.01 Å². The van der Waals surface area contributed by atoms with Gasteiger partial charge in [0.05, 0.1) is 15.9 Å². The monoisotopic (exact) mass is 256 g/mol. The first-order chi connectivity index (χ1) is 5.65. The Morgan fingerprint density at radius 2 is 2.33 bits per heavy atom. The normalized spacial score (nSPS) is 13.8. The number of thiazole rings is 1. The van der Waals surface area contributed by atoms with E-state index in [1.807, 2.05) is 0 Å². The van der Waals surface area contributed by atoms with Gasteiger partial charge in [-0.25, -0.2) is 13.8 Å². The van der Waals surface area contributed by atoms with E-state index in [-0.39, 0.29) is 6.54 Å². The fraction of sp³-hybridized carbons (Fsp3) is 0.500. The summed E-state index contributed by atoms with van der Waals surface area (Å²) in [4.78, 5) is 3.82. The van der Waals surface area contributed by atoms with Crippen molar-refractivity contribution in [3.63, 3.8) is 0 Å². The summed E-state index contributed by atoms with van der Waals surface area (Å²) in [5, 5.41) is 0.388. The topological polar surface area (TPSA) is 38.9 Å². The van der Waals surface area contributed by atoms with Crippen molar-refractivity contribution in [2.45, 2.75) is 12.3 Å². The van der Waals surface area contributed by atoms with Gasteiger partial charge in [-0.05, 0) is 15.9 Å². The number of aromatic nitrogens is 1. The molecule has 2 N–H and O–H groups in total. The molecular weight excluding hydrogens is 250 g/mol. The highest BCUT2D eigenvalue weighted by Gasteiger charge is 2.23. The molecule has 68 valence electrons. The van der Waals surface area contributed by atoms with E-state index in [1.54, 1.807) is 0 Å². The van der Waals surface area contributed by atoms with Crippen LogP contribution in [0.2, 0.25) is 0 Å². The van der Waals surface area contributed by atoms with Crippen molar-refractivity contribution in [2.24, 2.45) is 5.73 Å². The van der Waals surface area contributed by atoms with Crippen LogP contribution in [0.1, 0.15) is 10.9 Å². The fourth-order valence-corrected chi connectivity index (χ4v) is 2.11. The molecule has 6 heteroatoms. The van der Waals surface area contributed by atoms with E-state index >= 15 is 0 Å². The summed E-state index contributed by atoms with van der Waals surface area (Å²) in [6.07, 6.45) is -0.932. The summed E-state index contributed by atoms with van der Waals surface area (Å²) in [5.41, 5.74) is 5.19. The largest absolute Gasteiger partial charge is 0.330 e. The van der Waals surface area contributed by atoms with Gasteiger partial charge in [0.15, 0.2) is 0 Å². The quantitative estimate of drug-likeness (QED) is 0.901. The molecule has 1 atom stereocenters. The average Bonchev–Trinajstić information content (AvgIpc) is 2.37. The van der Waals surface area contributed by atoms with Crippen LogP contribution in [0.25, 0.3) is 0 Å². The van der Waals surface area contributed by atoms with Crippen LogP contribution in [0.3, 0.4) is 0 Å². The van der Waals surface area contributed by atoms with Gasteiger partial charge in [-0.1, -0.05) is 0 Å². The average molecular weight is 257 g/mol. The third kappa shape index (κ3) is 2.21. The van der Waals surface area contributed by atoms with E-state index in [4.69, 9.17) is 5.73 Å². The Morgan fingerprint density at radius 1 is 1.67 bits per heavy atom. The molecule has 1 heterocycles. The van der Waals surface area contributed by atoms with Crippen molar-refractivity contribution in [3.8, 4) is 0 Å². The molecule has 0 aromatic carbocycles. The standard InChI is InChI=1S/C6H7BrF2N2S/c7-4-2-11-6(12-4)3(1-10)5(8)9/h2-3,5H,1,10H2. The molecule has 0 saturated heterocycles. The van der Waals surface area contributed by atoms with Crippen LogP contribution in [0.4, 0.5) is 8.78 Å². The van der Waals surface area contributed by atoms with Gasteiger partial charge in [0.25, 0.3) is 0 Å². The Kier molecular flexibility index (Phi) is 3.54. The zero-order valence-electron chi connectivity index (χ0n) is 6.01. The first kappa shape index (κ1) is 10.0. The number of nitrogens with zero attached hydrogens (tertiary/aromatic N) is 1. The minimum absolute atomic E-state index is 0.0718. The molecule has 1 aromatic heterocycles. The summed E-state index contributed by atoms with van der Waals surface area (Å²) >= 11 is 4.34. The molecule has 1 aromatic rings. The molecule has 0 amide bonds. The van der Waals surface area contributed by atoms with E-state index in [2.05, 4.69) is 20.9 Å². The zero-order valence-corrected chi connectivity index (χ0v) is 8.41. The van der Waals surface area contributed by atoms with Crippen LogP contribution in [-0.4, -0.2) is 18.0 Å². The molecular formula is C6H7BrF2N2S. The maximum atomic E-state index is 12.3. The predicted molar refractivity (Wildman–Crippen MR) is 47.6 cm³/mol. The number of nitrogens with two attached hydrogens (primary N) is 1. The lowest BCUT2D eigenvalue weighted by molar-refractivity contribution is 0.117. The van der Waals surface area contributed by atoms with Crippen LogP contribution in [-0.2, 0) is 0 Å². The number of hydrogen-bond acceptors (Lipinski definition) is 3. The molecule has 0 aliphatic carbocycles. The molecule has 0 radical (unpaired) electrons. The number of rotatable bonds is 3. The van der Waals surface area contributed by atoms with Gasteiger partial charge in [0, 0.05) is 6.54 Å². The Hall–Kier alpha value is -0.0700. The van der Waals surface area contributed by atoms with Gasteiger partial charge in [-0.15, -0.1) is 11.3 Å². The second kappa shape index (κ2) is 4.25. The fourth-order valence-electron chi connectivity index (χ4n) is 0.750. The third-order valence-electron chi connectivity index (χ3n) is 1.37. The molecule has 2 nitrogen and oxygen atoms in total. The SMILES string of the molecule is NCC(c1ncc(Br)s1)C(F)F. The van der Waals surface area contributed by atoms with Crippen LogP contribution in [0.5, 0.6) is 0 Å². The Morgan fingerprint density at radius 3 is 2.67 bits per heavy atom. The lowest BCUT2D eigenvalue weighted by Crippen LogP contribution is -2.19. The van der Waals surface area contributed by atoms with Crippen molar-refractivity contribution in [3.05, 3.63) is 15.0 Å². The highest BCUT2D eigenvalue weighted by molar-refractivity contribution is 9.11. The molecule has 1 rings (SSSR count). The maximum Gasteiger partial charge on any atom is 0.248 e. The van der Waals surface area contributed by atoms with Crippen LogP contribution >= 0.6 is 27.3 Å². The van der Waals surface area contributed by atoms with E-state index < -0.39 is 12.3 Å². The zero-order chi connectivity index (χ0) is 9.14. The molecule has 0 bridgehead atoms. The summed E-state index contributed by atoms with van der Waals surface area (Å²) in [7, 11) is 0. The van der Waals surface area contributed by atoms with E-state index in [0.29, 0.717) is 5.01 Å².